The second kappa shape index (κ2) is 10.6. The van der Waals surface area contributed by atoms with Gasteiger partial charge in [-0.15, -0.1) is 15.3 Å². The molecule has 2 heterocycles. The number of ether oxygens (including phenoxy) is 2. The average molecular weight is 484 g/mol. The molecule has 0 aliphatic heterocycles. The maximum Gasteiger partial charge on any atom is 0.258 e. The fraction of sp³-hybridized carbons (Fsp3) is 0.111. The number of nitrogens with one attached hydrogen (secondary N) is 1. The second-order valence-corrected chi connectivity index (χ2v) is 7.85. The molecule has 2 aromatic heterocycles. The van der Waals surface area contributed by atoms with Crippen LogP contribution in [0, 0.1) is 5.82 Å². The molecule has 1 amide bonds. The molecule has 3 aromatic carbocycles. The van der Waals surface area contributed by atoms with Crippen LogP contribution in [0.4, 0.5) is 4.39 Å². The normalized spacial score (nSPS) is 10.8. The number of nitrogens with zero attached hydrogens (tertiary/aromatic N) is 4. The summed E-state index contributed by atoms with van der Waals surface area (Å²) < 4.78 is 26.0. The summed E-state index contributed by atoms with van der Waals surface area (Å²) in [5.74, 6) is 0.835. The SMILES string of the molecule is O=C(COc1ccc(-c2ccccc2)cc1)NCCOc1ccc2nnc(-c3ccc(F)cc3)n2n1. The minimum Gasteiger partial charge on any atom is -0.484 e. The number of aromatic nitrogens is 4. The molecule has 0 spiro atoms. The fourth-order valence-electron chi connectivity index (χ4n) is 3.55. The predicted molar refractivity (Wildman–Crippen MR) is 132 cm³/mol. The van der Waals surface area contributed by atoms with Crippen LogP contribution < -0.4 is 14.8 Å². The highest BCUT2D eigenvalue weighted by molar-refractivity contribution is 5.77. The molecule has 9 heteroatoms. The molecule has 5 aromatic rings. The Hall–Kier alpha value is -4.79. The van der Waals surface area contributed by atoms with E-state index >= 15 is 0 Å². The van der Waals surface area contributed by atoms with Crippen molar-refractivity contribution in [2.75, 3.05) is 19.8 Å². The molecule has 0 bridgehead atoms. The third-order valence-electron chi connectivity index (χ3n) is 5.35. The van der Waals surface area contributed by atoms with Crippen molar-refractivity contribution in [1.82, 2.24) is 25.1 Å². The molecule has 180 valence electrons. The van der Waals surface area contributed by atoms with Gasteiger partial charge in [0, 0.05) is 11.6 Å². The third-order valence-corrected chi connectivity index (χ3v) is 5.35. The lowest BCUT2D eigenvalue weighted by Gasteiger charge is -2.09. The van der Waals surface area contributed by atoms with Gasteiger partial charge in [0.15, 0.2) is 18.1 Å². The second-order valence-electron chi connectivity index (χ2n) is 7.85. The van der Waals surface area contributed by atoms with Crippen molar-refractivity contribution in [2.24, 2.45) is 0 Å². The Morgan fingerprint density at radius 3 is 2.31 bits per heavy atom. The molecule has 0 fully saturated rings. The zero-order chi connectivity index (χ0) is 24.7. The zero-order valence-corrected chi connectivity index (χ0v) is 19.2. The Bertz CT molecular complexity index is 1460. The minimum absolute atomic E-state index is 0.101. The maximum absolute atomic E-state index is 13.2. The van der Waals surface area contributed by atoms with Gasteiger partial charge >= 0.3 is 0 Å². The van der Waals surface area contributed by atoms with Gasteiger partial charge in [-0.2, -0.15) is 4.52 Å². The molecule has 0 atom stereocenters. The largest absolute Gasteiger partial charge is 0.484 e. The Labute approximate surface area is 206 Å². The van der Waals surface area contributed by atoms with Crippen LogP contribution in [0.3, 0.4) is 0 Å². The van der Waals surface area contributed by atoms with Gasteiger partial charge in [-0.05, 0) is 53.6 Å². The Kier molecular flexibility index (Phi) is 6.79. The van der Waals surface area contributed by atoms with E-state index in [0.29, 0.717) is 28.7 Å². The van der Waals surface area contributed by atoms with Gasteiger partial charge < -0.3 is 14.8 Å². The van der Waals surface area contributed by atoms with E-state index in [2.05, 4.69) is 20.6 Å². The van der Waals surface area contributed by atoms with Crippen molar-refractivity contribution in [3.05, 3.63) is 96.8 Å². The Morgan fingerprint density at radius 1 is 0.806 bits per heavy atom. The number of carbonyl (C=O) groups excluding carboxylic acids is 1. The van der Waals surface area contributed by atoms with Crippen molar-refractivity contribution >= 4 is 11.6 Å². The lowest BCUT2D eigenvalue weighted by Crippen LogP contribution is -2.32. The summed E-state index contributed by atoms with van der Waals surface area (Å²) in [6.45, 7) is 0.391. The monoisotopic (exact) mass is 483 g/mol. The number of carbonyl (C=O) groups is 1. The first-order valence-corrected chi connectivity index (χ1v) is 11.3. The first kappa shape index (κ1) is 23.0. The highest BCUT2D eigenvalue weighted by Crippen LogP contribution is 2.22. The molecule has 0 aliphatic rings. The summed E-state index contributed by atoms with van der Waals surface area (Å²) in [5.41, 5.74) is 3.40. The van der Waals surface area contributed by atoms with E-state index < -0.39 is 0 Å². The highest BCUT2D eigenvalue weighted by atomic mass is 19.1. The van der Waals surface area contributed by atoms with Crippen LogP contribution in [0.5, 0.6) is 11.6 Å². The minimum atomic E-state index is -0.335. The predicted octanol–water partition coefficient (Wildman–Crippen LogP) is 4.17. The summed E-state index contributed by atoms with van der Waals surface area (Å²) in [7, 11) is 0. The zero-order valence-electron chi connectivity index (χ0n) is 19.2. The smallest absolute Gasteiger partial charge is 0.258 e. The van der Waals surface area contributed by atoms with Gasteiger partial charge in [-0.1, -0.05) is 42.5 Å². The summed E-state index contributed by atoms with van der Waals surface area (Å²) in [6.07, 6.45) is 0. The topological polar surface area (TPSA) is 90.6 Å². The average Bonchev–Trinajstić information content (AvgIpc) is 3.34. The van der Waals surface area contributed by atoms with E-state index in [1.807, 2.05) is 54.6 Å². The van der Waals surface area contributed by atoms with Crippen LogP contribution in [0.15, 0.2) is 91.0 Å². The highest BCUT2D eigenvalue weighted by Gasteiger charge is 2.11. The first-order chi connectivity index (χ1) is 17.7. The maximum atomic E-state index is 13.2. The number of fused-ring (bicyclic) bond motifs is 1. The molecule has 0 saturated heterocycles. The van der Waals surface area contributed by atoms with E-state index in [-0.39, 0.29) is 31.5 Å². The van der Waals surface area contributed by atoms with Gasteiger partial charge in [-0.25, -0.2) is 4.39 Å². The number of halogens is 1. The molecule has 0 radical (unpaired) electrons. The summed E-state index contributed by atoms with van der Waals surface area (Å²) in [4.78, 5) is 12.1. The van der Waals surface area contributed by atoms with Gasteiger partial charge in [0.25, 0.3) is 5.91 Å². The molecule has 0 aliphatic carbocycles. The molecular weight excluding hydrogens is 461 g/mol. The summed E-state index contributed by atoms with van der Waals surface area (Å²) in [6, 6.07) is 26.9. The molecule has 1 N–H and O–H groups in total. The van der Waals surface area contributed by atoms with Crippen LogP contribution in [0.1, 0.15) is 0 Å². The van der Waals surface area contributed by atoms with E-state index in [9.17, 15) is 9.18 Å². The number of benzene rings is 3. The number of rotatable bonds is 9. The number of hydrogen-bond acceptors (Lipinski definition) is 6. The van der Waals surface area contributed by atoms with Crippen molar-refractivity contribution in [3.8, 4) is 34.1 Å². The van der Waals surface area contributed by atoms with E-state index in [0.717, 1.165) is 11.1 Å². The molecule has 0 saturated carbocycles. The van der Waals surface area contributed by atoms with Crippen LogP contribution in [-0.2, 0) is 4.79 Å². The van der Waals surface area contributed by atoms with E-state index in [1.165, 1.54) is 16.6 Å². The van der Waals surface area contributed by atoms with Crippen LogP contribution >= 0.6 is 0 Å². The van der Waals surface area contributed by atoms with Gasteiger partial charge in [0.1, 0.15) is 18.2 Å². The lowest BCUT2D eigenvalue weighted by atomic mass is 10.1. The van der Waals surface area contributed by atoms with Crippen molar-refractivity contribution in [2.45, 2.75) is 0 Å². The first-order valence-electron chi connectivity index (χ1n) is 11.3. The standard InChI is InChI=1S/C27H22FN5O3/c28-22-10-6-21(7-11-22)27-31-30-24-14-15-26(32-33(24)27)35-17-16-29-25(34)18-36-23-12-8-20(9-13-23)19-4-2-1-3-5-19/h1-15H,16-18H2,(H,29,34). The Morgan fingerprint density at radius 2 is 1.53 bits per heavy atom. The molecule has 8 nitrogen and oxygen atoms in total. The van der Waals surface area contributed by atoms with Crippen LogP contribution in [0.2, 0.25) is 0 Å². The van der Waals surface area contributed by atoms with Crippen LogP contribution in [-0.4, -0.2) is 45.5 Å². The van der Waals surface area contributed by atoms with Gasteiger partial charge in [0.2, 0.25) is 5.88 Å². The van der Waals surface area contributed by atoms with Gasteiger partial charge in [0.05, 0.1) is 6.54 Å². The van der Waals surface area contributed by atoms with Crippen molar-refractivity contribution < 1.29 is 18.7 Å². The summed E-state index contributed by atoms with van der Waals surface area (Å²) >= 11 is 0. The number of hydrogen-bond donors (Lipinski definition) is 1. The molecular formula is C27H22FN5O3. The lowest BCUT2D eigenvalue weighted by molar-refractivity contribution is -0.123. The Balaban J connectivity index is 1.09. The third kappa shape index (κ3) is 5.47. The fourth-order valence-corrected chi connectivity index (χ4v) is 3.55. The molecule has 36 heavy (non-hydrogen) atoms. The quantitative estimate of drug-likeness (QED) is 0.317. The van der Waals surface area contributed by atoms with Crippen molar-refractivity contribution in [1.29, 1.82) is 0 Å². The summed E-state index contributed by atoms with van der Waals surface area (Å²) in [5, 5.41) is 15.3. The molecule has 0 unspecified atom stereocenters. The number of amides is 1. The molecule has 5 rings (SSSR count). The van der Waals surface area contributed by atoms with Gasteiger partial charge in [-0.3, -0.25) is 4.79 Å². The van der Waals surface area contributed by atoms with Crippen LogP contribution in [0.25, 0.3) is 28.2 Å². The van der Waals surface area contributed by atoms with Crippen molar-refractivity contribution in [3.63, 3.8) is 0 Å². The van der Waals surface area contributed by atoms with E-state index in [4.69, 9.17) is 9.47 Å². The van der Waals surface area contributed by atoms with E-state index in [1.54, 1.807) is 24.3 Å².